The number of aliphatic hydroxyl groups excluding tert-OH is 2. The molecule has 3 rings (SSSR count). The van der Waals surface area contributed by atoms with Gasteiger partial charge in [0.1, 0.15) is 18.2 Å². The summed E-state index contributed by atoms with van der Waals surface area (Å²) in [6, 6.07) is 0. The summed E-state index contributed by atoms with van der Waals surface area (Å²) in [5.74, 6) is -0.426. The average molecular weight is 417 g/mol. The fraction of sp³-hybridized carbons (Fsp3) is 0.615. The minimum absolute atomic E-state index is 0.234. The molecule has 0 radical (unpaired) electrons. The molecule has 3 heterocycles. The molecular weight excluding hydrogens is 404 g/mol. The second-order valence-corrected chi connectivity index (χ2v) is 6.15. The van der Waals surface area contributed by atoms with Crippen molar-refractivity contribution in [1.29, 1.82) is 0 Å². The van der Waals surface area contributed by atoms with Crippen molar-refractivity contribution in [2.24, 2.45) is 0 Å². The van der Waals surface area contributed by atoms with Crippen LogP contribution in [0.4, 0.5) is 32.3 Å². The van der Waals surface area contributed by atoms with Gasteiger partial charge < -0.3 is 20.7 Å². The lowest BCUT2D eigenvalue weighted by Gasteiger charge is -2.21. The number of aromatic nitrogens is 4. The zero-order valence-electron chi connectivity index (χ0n) is 13.6. The summed E-state index contributed by atoms with van der Waals surface area (Å²) in [7, 11) is 0. The highest BCUT2D eigenvalue weighted by molar-refractivity contribution is 5.72. The third kappa shape index (κ3) is 3.64. The molecule has 1 fully saturated rings. The summed E-state index contributed by atoms with van der Waals surface area (Å²) in [6.07, 6.45) is -18.2. The maximum Gasteiger partial charge on any atom is 0.416 e. The Morgan fingerprint density at radius 2 is 1.96 bits per heavy atom. The maximum atomic E-state index is 12.8. The molecule has 0 spiro atoms. The van der Waals surface area contributed by atoms with Gasteiger partial charge in [-0.05, 0) is 0 Å². The van der Waals surface area contributed by atoms with E-state index in [1.165, 1.54) is 0 Å². The number of alkyl halides is 6. The van der Waals surface area contributed by atoms with Crippen molar-refractivity contribution in [1.82, 2.24) is 19.1 Å². The van der Waals surface area contributed by atoms with Crippen molar-refractivity contribution >= 4 is 17.1 Å². The Kier molecular flexibility index (Phi) is 4.79. The number of rotatable bonds is 3. The van der Waals surface area contributed by atoms with Crippen LogP contribution < -0.4 is 11.4 Å². The van der Waals surface area contributed by atoms with E-state index in [-0.39, 0.29) is 4.57 Å². The highest BCUT2D eigenvalue weighted by atomic mass is 19.4. The number of aliphatic hydroxyl groups is 2. The number of nitrogen functional groups attached to an aromatic ring is 1. The van der Waals surface area contributed by atoms with Gasteiger partial charge in [-0.1, -0.05) is 0 Å². The molecule has 1 aliphatic rings. The van der Waals surface area contributed by atoms with Gasteiger partial charge in [-0.3, -0.25) is 4.57 Å². The first-order chi connectivity index (χ1) is 12.8. The first kappa shape index (κ1) is 20.3. The summed E-state index contributed by atoms with van der Waals surface area (Å²) in [5.41, 5.74) is 3.16. The summed E-state index contributed by atoms with van der Waals surface area (Å²) < 4.78 is 82.2. The first-order valence-electron chi connectivity index (χ1n) is 7.68. The predicted octanol–water partition coefficient (Wildman–Crippen LogP) is 0.309. The van der Waals surface area contributed by atoms with Crippen LogP contribution in [0.5, 0.6) is 0 Å². The van der Waals surface area contributed by atoms with Gasteiger partial charge in [-0.2, -0.15) is 31.3 Å². The van der Waals surface area contributed by atoms with Crippen LogP contribution in [0.15, 0.2) is 11.0 Å². The Morgan fingerprint density at radius 1 is 1.32 bits per heavy atom. The minimum atomic E-state index is -5.07. The third-order valence-corrected chi connectivity index (χ3v) is 4.12. The first-order valence-corrected chi connectivity index (χ1v) is 7.68. The average Bonchev–Trinajstić information content (AvgIpc) is 3.03. The van der Waals surface area contributed by atoms with Gasteiger partial charge in [0.15, 0.2) is 18.0 Å². The SMILES string of the molecule is Nc1ncc2c(n1)n([C@@H]1O[C@H](C(O)C(F)(F)F)C[C@H]1O)c(=O)n2CC(F)(F)F. The van der Waals surface area contributed by atoms with Crippen molar-refractivity contribution < 1.29 is 41.3 Å². The van der Waals surface area contributed by atoms with E-state index in [4.69, 9.17) is 10.5 Å². The van der Waals surface area contributed by atoms with E-state index in [1.54, 1.807) is 0 Å². The highest BCUT2D eigenvalue weighted by Gasteiger charge is 2.50. The molecule has 0 saturated carbocycles. The quantitative estimate of drug-likeness (QED) is 0.613. The molecule has 4 atom stereocenters. The third-order valence-electron chi connectivity index (χ3n) is 4.12. The Morgan fingerprint density at radius 3 is 2.54 bits per heavy atom. The molecule has 0 aliphatic carbocycles. The van der Waals surface area contributed by atoms with E-state index in [2.05, 4.69) is 9.97 Å². The van der Waals surface area contributed by atoms with Crippen LogP contribution in [0.25, 0.3) is 11.2 Å². The van der Waals surface area contributed by atoms with E-state index in [9.17, 15) is 41.4 Å². The molecule has 15 heteroatoms. The number of fused-ring (bicyclic) bond motifs is 1. The van der Waals surface area contributed by atoms with Gasteiger partial charge in [0.05, 0.1) is 12.3 Å². The van der Waals surface area contributed by atoms with Crippen LogP contribution in [0, 0.1) is 0 Å². The molecular formula is C13H13F6N5O4. The number of imidazole rings is 1. The summed E-state index contributed by atoms with van der Waals surface area (Å²) in [6.45, 7) is -1.74. The van der Waals surface area contributed by atoms with Gasteiger partial charge in [-0.15, -0.1) is 0 Å². The predicted molar refractivity (Wildman–Crippen MR) is 78.9 cm³/mol. The van der Waals surface area contributed by atoms with E-state index in [1.807, 2.05) is 0 Å². The second kappa shape index (κ2) is 6.59. The fourth-order valence-corrected chi connectivity index (χ4v) is 2.96. The lowest BCUT2D eigenvalue weighted by Crippen LogP contribution is -2.40. The van der Waals surface area contributed by atoms with Crippen molar-refractivity contribution in [3.8, 4) is 0 Å². The fourth-order valence-electron chi connectivity index (χ4n) is 2.96. The Labute approximate surface area is 151 Å². The summed E-state index contributed by atoms with van der Waals surface area (Å²) in [4.78, 5) is 19.7. The van der Waals surface area contributed by atoms with Crippen molar-refractivity contribution in [3.05, 3.63) is 16.7 Å². The molecule has 1 unspecified atom stereocenters. The number of ether oxygens (including phenoxy) is 1. The van der Waals surface area contributed by atoms with Crippen LogP contribution in [0.2, 0.25) is 0 Å². The monoisotopic (exact) mass is 417 g/mol. The lowest BCUT2D eigenvalue weighted by molar-refractivity contribution is -0.237. The molecule has 156 valence electrons. The zero-order chi connectivity index (χ0) is 21.0. The molecule has 0 aromatic carbocycles. The topological polar surface area (TPSA) is 128 Å². The number of anilines is 1. The normalized spacial score (nSPS) is 24.8. The van der Waals surface area contributed by atoms with E-state index >= 15 is 0 Å². The van der Waals surface area contributed by atoms with E-state index in [0.717, 1.165) is 6.20 Å². The molecule has 1 aliphatic heterocycles. The number of hydrogen-bond acceptors (Lipinski definition) is 7. The molecule has 0 bridgehead atoms. The van der Waals surface area contributed by atoms with Crippen LogP contribution in [0.3, 0.4) is 0 Å². The van der Waals surface area contributed by atoms with Crippen LogP contribution in [0.1, 0.15) is 12.6 Å². The van der Waals surface area contributed by atoms with E-state index < -0.39 is 72.7 Å². The summed E-state index contributed by atoms with van der Waals surface area (Å²) >= 11 is 0. The Hall–Kier alpha value is -2.39. The van der Waals surface area contributed by atoms with E-state index in [0.29, 0.717) is 4.57 Å². The van der Waals surface area contributed by atoms with Gasteiger partial charge in [0.25, 0.3) is 0 Å². The number of nitrogens with zero attached hydrogens (tertiary/aromatic N) is 4. The van der Waals surface area contributed by atoms with Gasteiger partial charge in [0, 0.05) is 6.42 Å². The number of nitrogens with two attached hydrogens (primary N) is 1. The van der Waals surface area contributed by atoms with Crippen molar-refractivity contribution in [3.63, 3.8) is 0 Å². The largest absolute Gasteiger partial charge is 0.416 e. The molecule has 0 amide bonds. The molecule has 9 nitrogen and oxygen atoms in total. The van der Waals surface area contributed by atoms with Crippen molar-refractivity contribution in [2.75, 3.05) is 5.73 Å². The van der Waals surface area contributed by atoms with Crippen molar-refractivity contribution in [2.45, 2.75) is 49.9 Å². The molecule has 1 saturated heterocycles. The van der Waals surface area contributed by atoms with Crippen LogP contribution in [-0.2, 0) is 11.3 Å². The van der Waals surface area contributed by atoms with Crippen LogP contribution >= 0.6 is 0 Å². The number of hydrogen-bond donors (Lipinski definition) is 3. The van der Waals surface area contributed by atoms with Gasteiger partial charge in [-0.25, -0.2) is 14.3 Å². The second-order valence-electron chi connectivity index (χ2n) is 6.15. The van der Waals surface area contributed by atoms with Gasteiger partial charge >= 0.3 is 18.0 Å². The molecule has 2 aromatic rings. The van der Waals surface area contributed by atoms with Crippen LogP contribution in [-0.4, -0.2) is 60.0 Å². The maximum absolute atomic E-state index is 12.8. The minimum Gasteiger partial charge on any atom is -0.388 e. The smallest absolute Gasteiger partial charge is 0.388 e. The lowest BCUT2D eigenvalue weighted by atomic mass is 10.1. The molecule has 4 N–H and O–H groups in total. The Bertz CT molecular complexity index is 938. The zero-order valence-corrected chi connectivity index (χ0v) is 13.6. The van der Waals surface area contributed by atoms with Gasteiger partial charge in [0.2, 0.25) is 5.95 Å². The Balaban J connectivity index is 2.09. The molecule has 2 aromatic heterocycles. The highest BCUT2D eigenvalue weighted by Crippen LogP contribution is 2.36. The number of halogens is 6. The standard InChI is InChI=1S/C13H13F6N5O4/c14-12(15,16)3-23-4-2-21-10(20)22-8(4)24(11(23)27)9-5(25)1-6(28-9)7(26)13(17,18)19/h2,5-7,9,25-26H,1,3H2,(H2,20,21,22)/t5-,6+,7?,9-/m1/s1. The summed E-state index contributed by atoms with van der Waals surface area (Å²) in [5, 5.41) is 19.4. The molecule has 28 heavy (non-hydrogen) atoms.